The first-order valence-electron chi connectivity index (χ1n) is 16.0. The number of H-pyrrole nitrogens is 1. The number of aromatic amines is 1. The van der Waals surface area contributed by atoms with Gasteiger partial charge >= 0.3 is 0 Å². The molecule has 0 saturated carbocycles. The summed E-state index contributed by atoms with van der Waals surface area (Å²) in [5.74, 6) is -5.51. The number of aromatic nitrogens is 2. The third kappa shape index (κ3) is 23.0. The van der Waals surface area contributed by atoms with E-state index in [4.69, 9.17) is 10.8 Å². The monoisotopic (exact) mass is 707 g/mol. The topological polar surface area (TPSA) is 287 Å². The van der Waals surface area contributed by atoms with Crippen molar-refractivity contribution in [3.05, 3.63) is 54.1 Å². The van der Waals surface area contributed by atoms with E-state index in [9.17, 15) is 38.7 Å². The molecule has 1 aromatic heterocycles. The first kappa shape index (κ1) is 46.8. The standard InChI is InChI=1S/C23H33N7O9.C4H6N2.C3H8.C2H6/c1-13(21(24)37)28-17(33)9-26-22(38)15(7-14-5-3-2-4-6-14)29-19(35)10-27-23(39)16(11-31)30-18(34)8-25-20(36)12-32;1-4-2-5-3-6-4;1-3-2;1-2/h2-6,13,15-16,31-32H,7-12H2,1H3,(H2,24,37)(H,25,36)(H,26,38)(H,27,39)(H,28,33)(H,29,35)(H,30,34);2-3H,1H3,(H,5,6);3H2,1-2H3;1-2H3. The number of imidazole rings is 1. The van der Waals surface area contributed by atoms with Gasteiger partial charge in [-0.15, -0.1) is 0 Å². The van der Waals surface area contributed by atoms with Crippen LogP contribution in [0.15, 0.2) is 42.9 Å². The van der Waals surface area contributed by atoms with Crippen molar-refractivity contribution in [1.29, 1.82) is 0 Å². The van der Waals surface area contributed by atoms with E-state index in [1.165, 1.54) is 13.3 Å². The number of hydrogen-bond donors (Lipinski definition) is 10. The molecule has 0 spiro atoms. The summed E-state index contributed by atoms with van der Waals surface area (Å²) >= 11 is 0. The van der Waals surface area contributed by atoms with Crippen LogP contribution < -0.4 is 37.6 Å². The Morgan fingerprint density at radius 1 is 0.780 bits per heavy atom. The molecule has 0 aliphatic rings. The normalized spacial score (nSPS) is 11.4. The van der Waals surface area contributed by atoms with Crippen LogP contribution in [0.25, 0.3) is 0 Å². The number of hydrogen-bond acceptors (Lipinski definition) is 10. The number of benzene rings is 1. The molecule has 1 heterocycles. The van der Waals surface area contributed by atoms with Crippen molar-refractivity contribution < 1.29 is 43.8 Å². The minimum atomic E-state index is -1.44. The van der Waals surface area contributed by atoms with Crippen LogP contribution >= 0.6 is 0 Å². The van der Waals surface area contributed by atoms with Gasteiger partial charge in [-0.3, -0.25) is 33.6 Å². The second kappa shape index (κ2) is 28.6. The van der Waals surface area contributed by atoms with Crippen LogP contribution in [0.5, 0.6) is 0 Å². The van der Waals surface area contributed by atoms with Crippen molar-refractivity contribution in [1.82, 2.24) is 41.9 Å². The minimum absolute atomic E-state index is 0.0422. The molecule has 18 nitrogen and oxygen atoms in total. The molecule has 3 unspecified atom stereocenters. The van der Waals surface area contributed by atoms with E-state index in [0.29, 0.717) is 5.56 Å². The predicted molar refractivity (Wildman–Crippen MR) is 185 cm³/mol. The zero-order chi connectivity index (χ0) is 38.5. The van der Waals surface area contributed by atoms with Gasteiger partial charge in [0.15, 0.2) is 0 Å². The number of rotatable bonds is 16. The highest BCUT2D eigenvalue weighted by Gasteiger charge is 2.24. The van der Waals surface area contributed by atoms with Crippen LogP contribution in [0.2, 0.25) is 0 Å². The number of carbonyl (C=O) groups excluding carboxylic acids is 7. The fourth-order valence-corrected chi connectivity index (χ4v) is 3.25. The smallest absolute Gasteiger partial charge is 0.246 e. The molecule has 0 saturated heterocycles. The molecule has 280 valence electrons. The number of aliphatic hydroxyl groups is 2. The molecular weight excluding hydrogens is 654 g/mol. The number of nitrogens with one attached hydrogen (secondary N) is 7. The van der Waals surface area contributed by atoms with E-state index in [-0.39, 0.29) is 6.42 Å². The molecule has 18 heteroatoms. The van der Waals surface area contributed by atoms with E-state index in [0.717, 1.165) is 5.69 Å². The van der Waals surface area contributed by atoms with E-state index in [1.807, 2.05) is 20.8 Å². The fourth-order valence-electron chi connectivity index (χ4n) is 3.25. The van der Waals surface area contributed by atoms with Gasteiger partial charge in [0.2, 0.25) is 41.4 Å². The molecule has 7 amide bonds. The highest BCUT2D eigenvalue weighted by molar-refractivity contribution is 5.94. The summed E-state index contributed by atoms with van der Waals surface area (Å²) in [6, 6.07) is 5.09. The van der Waals surface area contributed by atoms with Gasteiger partial charge in [-0.25, -0.2) is 4.98 Å². The highest BCUT2D eigenvalue weighted by atomic mass is 16.3. The summed E-state index contributed by atoms with van der Waals surface area (Å²) in [5, 5.41) is 31.6. The van der Waals surface area contributed by atoms with Gasteiger partial charge in [0.1, 0.15) is 24.7 Å². The summed E-state index contributed by atoms with van der Waals surface area (Å²) in [6.45, 7) is 8.26. The van der Waals surface area contributed by atoms with Crippen molar-refractivity contribution in [3.8, 4) is 0 Å². The Morgan fingerprint density at radius 3 is 1.68 bits per heavy atom. The number of aliphatic hydroxyl groups excluding tert-OH is 2. The molecule has 0 aliphatic carbocycles. The first-order valence-corrected chi connectivity index (χ1v) is 16.0. The van der Waals surface area contributed by atoms with Crippen LogP contribution in [0, 0.1) is 6.92 Å². The molecule has 0 bridgehead atoms. The molecule has 2 rings (SSSR count). The zero-order valence-electron chi connectivity index (χ0n) is 29.5. The molecule has 0 fully saturated rings. The van der Waals surface area contributed by atoms with Gasteiger partial charge in [-0.1, -0.05) is 64.4 Å². The summed E-state index contributed by atoms with van der Waals surface area (Å²) < 4.78 is 0. The number of nitrogens with two attached hydrogens (primary N) is 1. The fraction of sp³-hybridized carbons (Fsp3) is 0.500. The molecule has 0 radical (unpaired) electrons. The van der Waals surface area contributed by atoms with Gasteiger partial charge in [-0.05, 0) is 19.4 Å². The lowest BCUT2D eigenvalue weighted by molar-refractivity contribution is -0.133. The molecule has 50 heavy (non-hydrogen) atoms. The Bertz CT molecular complexity index is 1290. The summed E-state index contributed by atoms with van der Waals surface area (Å²) in [7, 11) is 0. The number of carbonyl (C=O) groups is 7. The van der Waals surface area contributed by atoms with Crippen LogP contribution in [-0.4, -0.2) is 113 Å². The van der Waals surface area contributed by atoms with E-state index in [2.05, 4.69) is 55.7 Å². The average Bonchev–Trinajstić information content (AvgIpc) is 3.59. The van der Waals surface area contributed by atoms with E-state index < -0.39 is 92.3 Å². The van der Waals surface area contributed by atoms with Crippen LogP contribution in [-0.2, 0) is 40.0 Å². The SMILES string of the molecule is CC.CC(NC(=O)CNC(=O)C(Cc1ccccc1)NC(=O)CNC(=O)C(CO)NC(=O)CNC(=O)CO)C(N)=O.CCC.Cc1cnc[nH]1. The maximum absolute atomic E-state index is 12.7. The Labute approximate surface area is 292 Å². The lowest BCUT2D eigenvalue weighted by atomic mass is 10.1. The Hall–Kier alpha value is -5.36. The third-order valence-electron chi connectivity index (χ3n) is 5.64. The van der Waals surface area contributed by atoms with Crippen LogP contribution in [0.1, 0.15) is 52.3 Å². The number of aryl methyl sites for hydroxylation is 1. The molecule has 3 atom stereocenters. The van der Waals surface area contributed by atoms with Crippen LogP contribution in [0.3, 0.4) is 0 Å². The molecule has 2 aromatic rings. The highest BCUT2D eigenvalue weighted by Crippen LogP contribution is 2.04. The molecule has 11 N–H and O–H groups in total. The van der Waals surface area contributed by atoms with E-state index in [1.54, 1.807) is 42.9 Å². The summed E-state index contributed by atoms with van der Waals surface area (Å²) in [4.78, 5) is 90.0. The van der Waals surface area contributed by atoms with Gasteiger partial charge < -0.3 is 52.8 Å². The number of amides is 7. The van der Waals surface area contributed by atoms with Crippen molar-refractivity contribution in [2.75, 3.05) is 32.8 Å². The van der Waals surface area contributed by atoms with Gasteiger partial charge in [-0.2, -0.15) is 0 Å². The number of primary amides is 1. The zero-order valence-corrected chi connectivity index (χ0v) is 29.5. The lowest BCUT2D eigenvalue weighted by Gasteiger charge is -2.20. The summed E-state index contributed by atoms with van der Waals surface area (Å²) in [6.07, 6.45) is 4.73. The van der Waals surface area contributed by atoms with Crippen molar-refractivity contribution >= 4 is 41.4 Å². The van der Waals surface area contributed by atoms with Crippen molar-refractivity contribution in [2.24, 2.45) is 5.73 Å². The number of nitrogens with zero attached hydrogens (tertiary/aromatic N) is 1. The third-order valence-corrected chi connectivity index (χ3v) is 5.64. The quantitative estimate of drug-likeness (QED) is 0.0889. The molecule has 0 aliphatic heterocycles. The first-order chi connectivity index (χ1) is 23.8. The molecular formula is C32H53N9O9. The maximum Gasteiger partial charge on any atom is 0.246 e. The summed E-state index contributed by atoms with van der Waals surface area (Å²) in [5.41, 5.74) is 6.88. The van der Waals surface area contributed by atoms with Crippen molar-refractivity contribution in [2.45, 2.75) is 72.5 Å². The van der Waals surface area contributed by atoms with Gasteiger partial charge in [0.25, 0.3) is 0 Å². The van der Waals surface area contributed by atoms with E-state index >= 15 is 0 Å². The Balaban J connectivity index is 0. The van der Waals surface area contributed by atoms with Gasteiger partial charge in [0.05, 0.1) is 32.6 Å². The van der Waals surface area contributed by atoms with Crippen LogP contribution in [0.4, 0.5) is 0 Å². The minimum Gasteiger partial charge on any atom is -0.394 e. The predicted octanol–water partition coefficient (Wildman–Crippen LogP) is -2.32. The molecule has 1 aromatic carbocycles. The average molecular weight is 708 g/mol. The van der Waals surface area contributed by atoms with Gasteiger partial charge in [0, 0.05) is 18.3 Å². The van der Waals surface area contributed by atoms with Crippen molar-refractivity contribution in [3.63, 3.8) is 0 Å². The maximum atomic E-state index is 12.7. The Morgan fingerprint density at radius 2 is 1.26 bits per heavy atom. The largest absolute Gasteiger partial charge is 0.394 e. The lowest BCUT2D eigenvalue weighted by Crippen LogP contribution is -2.55. The second-order valence-electron chi connectivity index (χ2n) is 10.1. The second-order valence-corrected chi connectivity index (χ2v) is 10.1. The Kier molecular flexibility index (Phi) is 26.8.